The molecule has 1 aromatic carbocycles. The molecule has 0 unspecified atom stereocenters. The molecule has 90 valence electrons. The lowest BCUT2D eigenvalue weighted by Crippen LogP contribution is -2.35. The predicted molar refractivity (Wildman–Crippen MR) is 72.7 cm³/mol. The summed E-state index contributed by atoms with van der Waals surface area (Å²) in [5.41, 5.74) is 2.05. The number of anilines is 1. The van der Waals surface area contributed by atoms with E-state index < -0.39 is 0 Å². The van der Waals surface area contributed by atoms with Gasteiger partial charge in [-0.1, -0.05) is 23.8 Å². The van der Waals surface area contributed by atoms with E-state index in [4.69, 9.17) is 0 Å². The highest BCUT2D eigenvalue weighted by molar-refractivity contribution is 5.95. The fourth-order valence-electron chi connectivity index (χ4n) is 2.30. The largest absolute Gasteiger partial charge is 0.345 e. The second kappa shape index (κ2) is 4.26. The molecule has 0 atom stereocenters. The van der Waals surface area contributed by atoms with Crippen LogP contribution in [0.15, 0.2) is 48.0 Å². The molecule has 1 aliphatic heterocycles. The first kappa shape index (κ1) is 11.0. The number of fused-ring (bicyclic) bond motifs is 1. The average Bonchev–Trinajstić information content (AvgIpc) is 2.37. The van der Waals surface area contributed by atoms with Gasteiger partial charge in [-0.15, -0.1) is 0 Å². The van der Waals surface area contributed by atoms with E-state index in [1.807, 2.05) is 42.2 Å². The highest BCUT2D eigenvalue weighted by Crippen LogP contribution is 2.20. The number of para-hydroxylation sites is 1. The minimum atomic E-state index is 0.147. The summed E-state index contributed by atoms with van der Waals surface area (Å²) in [7, 11) is 0. The molecule has 0 amide bonds. The predicted octanol–water partition coefficient (Wildman–Crippen LogP) is 2.57. The zero-order valence-corrected chi connectivity index (χ0v) is 10.3. The van der Waals surface area contributed by atoms with Gasteiger partial charge in [0, 0.05) is 11.9 Å². The SMILES string of the molecule is CC1=CC(=O)CN(c2ccc3ccccc3n2)C1. The normalized spacial score (nSPS) is 15.9. The Morgan fingerprint density at radius 1 is 1.11 bits per heavy atom. The number of hydrogen-bond acceptors (Lipinski definition) is 3. The van der Waals surface area contributed by atoms with Crippen LogP contribution in [0.25, 0.3) is 10.9 Å². The molecule has 0 aliphatic carbocycles. The topological polar surface area (TPSA) is 33.2 Å². The first-order valence-corrected chi connectivity index (χ1v) is 6.03. The summed E-state index contributed by atoms with van der Waals surface area (Å²) in [6, 6.07) is 12.0. The number of hydrogen-bond donors (Lipinski definition) is 0. The van der Waals surface area contributed by atoms with E-state index in [-0.39, 0.29) is 5.78 Å². The van der Waals surface area contributed by atoms with Crippen LogP contribution in [0.3, 0.4) is 0 Å². The van der Waals surface area contributed by atoms with Crippen LogP contribution in [0, 0.1) is 0 Å². The molecular formula is C15H14N2O. The van der Waals surface area contributed by atoms with Crippen molar-refractivity contribution in [3.8, 4) is 0 Å². The highest BCUT2D eigenvalue weighted by atomic mass is 16.1. The molecule has 0 spiro atoms. The van der Waals surface area contributed by atoms with E-state index in [0.29, 0.717) is 6.54 Å². The molecule has 18 heavy (non-hydrogen) atoms. The van der Waals surface area contributed by atoms with Crippen molar-refractivity contribution in [2.45, 2.75) is 6.92 Å². The lowest BCUT2D eigenvalue weighted by Gasteiger charge is -2.26. The number of rotatable bonds is 1. The Morgan fingerprint density at radius 3 is 2.78 bits per heavy atom. The van der Waals surface area contributed by atoms with Crippen molar-refractivity contribution in [3.05, 3.63) is 48.0 Å². The van der Waals surface area contributed by atoms with E-state index in [2.05, 4.69) is 11.1 Å². The molecule has 3 nitrogen and oxygen atoms in total. The summed E-state index contributed by atoms with van der Waals surface area (Å²) in [5.74, 6) is 1.02. The molecule has 0 N–H and O–H groups in total. The minimum absolute atomic E-state index is 0.147. The Balaban J connectivity index is 2.00. The van der Waals surface area contributed by atoms with Crippen molar-refractivity contribution in [2.24, 2.45) is 0 Å². The van der Waals surface area contributed by atoms with Gasteiger partial charge in [0.1, 0.15) is 5.82 Å². The number of nitrogens with zero attached hydrogens (tertiary/aromatic N) is 2. The van der Waals surface area contributed by atoms with Crippen molar-refractivity contribution < 1.29 is 4.79 Å². The van der Waals surface area contributed by atoms with Gasteiger partial charge in [0.05, 0.1) is 12.1 Å². The van der Waals surface area contributed by atoms with Crippen LogP contribution in [0.2, 0.25) is 0 Å². The number of ketones is 1. The third-order valence-corrected chi connectivity index (χ3v) is 3.10. The van der Waals surface area contributed by atoms with Crippen molar-refractivity contribution in [2.75, 3.05) is 18.0 Å². The van der Waals surface area contributed by atoms with Crippen molar-refractivity contribution in [3.63, 3.8) is 0 Å². The van der Waals surface area contributed by atoms with Gasteiger partial charge in [-0.2, -0.15) is 0 Å². The second-order valence-electron chi connectivity index (χ2n) is 4.68. The number of benzene rings is 1. The molecule has 0 radical (unpaired) electrons. The molecule has 3 heteroatoms. The maximum Gasteiger partial charge on any atom is 0.174 e. The third-order valence-electron chi connectivity index (χ3n) is 3.10. The number of aromatic nitrogens is 1. The standard InChI is InChI=1S/C15H14N2O/c1-11-8-13(18)10-17(9-11)15-7-6-12-4-2-3-5-14(12)16-15/h2-8H,9-10H2,1H3. The first-order valence-electron chi connectivity index (χ1n) is 6.03. The van der Waals surface area contributed by atoms with Crippen molar-refractivity contribution >= 4 is 22.5 Å². The van der Waals surface area contributed by atoms with E-state index in [9.17, 15) is 4.79 Å². The van der Waals surface area contributed by atoms with Crippen LogP contribution in [0.5, 0.6) is 0 Å². The maximum absolute atomic E-state index is 11.6. The fourth-order valence-corrected chi connectivity index (χ4v) is 2.30. The maximum atomic E-state index is 11.6. The van der Waals surface area contributed by atoms with E-state index >= 15 is 0 Å². The van der Waals surface area contributed by atoms with Crippen LogP contribution in [-0.4, -0.2) is 23.9 Å². The highest BCUT2D eigenvalue weighted by Gasteiger charge is 2.17. The zero-order chi connectivity index (χ0) is 12.5. The van der Waals surface area contributed by atoms with Gasteiger partial charge < -0.3 is 4.90 Å². The quantitative estimate of drug-likeness (QED) is 0.765. The molecular weight excluding hydrogens is 224 g/mol. The van der Waals surface area contributed by atoms with Gasteiger partial charge in [-0.3, -0.25) is 4.79 Å². The summed E-state index contributed by atoms with van der Waals surface area (Å²) in [5, 5.41) is 1.12. The minimum Gasteiger partial charge on any atom is -0.345 e. The summed E-state index contributed by atoms with van der Waals surface area (Å²) >= 11 is 0. The van der Waals surface area contributed by atoms with Crippen LogP contribution in [0.4, 0.5) is 5.82 Å². The van der Waals surface area contributed by atoms with Gasteiger partial charge >= 0.3 is 0 Å². The van der Waals surface area contributed by atoms with Crippen LogP contribution < -0.4 is 4.90 Å². The Morgan fingerprint density at radius 2 is 1.94 bits per heavy atom. The van der Waals surface area contributed by atoms with Gasteiger partial charge in [-0.25, -0.2) is 4.98 Å². The van der Waals surface area contributed by atoms with Gasteiger partial charge in [-0.05, 0) is 31.2 Å². The fraction of sp³-hybridized carbons (Fsp3) is 0.200. The molecule has 1 aromatic heterocycles. The first-order chi connectivity index (χ1) is 8.72. The summed E-state index contributed by atoms with van der Waals surface area (Å²) in [4.78, 5) is 18.2. The summed E-state index contributed by atoms with van der Waals surface area (Å²) < 4.78 is 0. The Hall–Kier alpha value is -2.16. The van der Waals surface area contributed by atoms with Crippen LogP contribution in [0.1, 0.15) is 6.92 Å². The molecule has 0 saturated carbocycles. The smallest absolute Gasteiger partial charge is 0.174 e. The van der Waals surface area contributed by atoms with E-state index in [0.717, 1.165) is 28.8 Å². The van der Waals surface area contributed by atoms with Crippen molar-refractivity contribution in [1.82, 2.24) is 4.98 Å². The molecule has 3 rings (SSSR count). The van der Waals surface area contributed by atoms with Gasteiger partial charge in [0.2, 0.25) is 0 Å². The van der Waals surface area contributed by atoms with Crippen LogP contribution in [-0.2, 0) is 4.79 Å². The van der Waals surface area contributed by atoms with Gasteiger partial charge in [0.15, 0.2) is 5.78 Å². The summed E-state index contributed by atoms with van der Waals surface area (Å²) in [6.45, 7) is 3.17. The van der Waals surface area contributed by atoms with Crippen LogP contribution >= 0.6 is 0 Å². The van der Waals surface area contributed by atoms with Crippen molar-refractivity contribution in [1.29, 1.82) is 0 Å². The zero-order valence-electron chi connectivity index (χ0n) is 10.3. The molecule has 0 fully saturated rings. The molecule has 0 saturated heterocycles. The van der Waals surface area contributed by atoms with E-state index in [1.54, 1.807) is 6.08 Å². The molecule has 2 aromatic rings. The molecule has 0 bridgehead atoms. The number of carbonyl (C=O) groups is 1. The lowest BCUT2D eigenvalue weighted by molar-refractivity contribution is -0.113. The summed E-state index contributed by atoms with van der Waals surface area (Å²) in [6.07, 6.45) is 1.72. The molecule has 2 heterocycles. The van der Waals surface area contributed by atoms with Gasteiger partial charge in [0.25, 0.3) is 0 Å². The monoisotopic (exact) mass is 238 g/mol. The molecule has 1 aliphatic rings. The number of pyridine rings is 1. The Bertz CT molecular complexity index is 646. The average molecular weight is 238 g/mol. The lowest BCUT2D eigenvalue weighted by atomic mass is 10.1. The Labute approximate surface area is 106 Å². The third kappa shape index (κ3) is 1.99. The second-order valence-corrected chi connectivity index (χ2v) is 4.68. The number of carbonyl (C=O) groups excluding carboxylic acids is 1. The Kier molecular flexibility index (Phi) is 2.59. The van der Waals surface area contributed by atoms with E-state index in [1.165, 1.54) is 0 Å².